The Labute approximate surface area is 80.6 Å². The fourth-order valence-corrected chi connectivity index (χ4v) is 1.00. The van der Waals surface area contributed by atoms with Crippen LogP contribution in [0.5, 0.6) is 0 Å². The second-order valence-electron chi connectivity index (χ2n) is 2.20. The van der Waals surface area contributed by atoms with Crippen molar-refractivity contribution in [3.8, 4) is 0 Å². The van der Waals surface area contributed by atoms with Crippen LogP contribution in [-0.4, -0.2) is 6.29 Å². The number of rotatable bonds is 2. The standard InChI is InChI=1S/C9H6Cl2O/c10-8-3-1-7(2-4-8)5-9(11)6-12/h1-6H. The van der Waals surface area contributed by atoms with Gasteiger partial charge >= 0.3 is 0 Å². The molecule has 0 aliphatic heterocycles. The average Bonchev–Trinajstić information content (AvgIpc) is 2.09. The number of carbonyl (C=O) groups excluding carboxylic acids is 1. The molecule has 0 N–H and O–H groups in total. The van der Waals surface area contributed by atoms with Gasteiger partial charge in [0.2, 0.25) is 0 Å². The highest BCUT2D eigenvalue weighted by molar-refractivity contribution is 6.40. The van der Waals surface area contributed by atoms with E-state index in [0.29, 0.717) is 11.3 Å². The molecule has 12 heavy (non-hydrogen) atoms. The van der Waals surface area contributed by atoms with Crippen molar-refractivity contribution < 1.29 is 4.79 Å². The number of benzene rings is 1. The second-order valence-corrected chi connectivity index (χ2v) is 3.07. The van der Waals surface area contributed by atoms with E-state index in [9.17, 15) is 4.79 Å². The average molecular weight is 201 g/mol. The normalized spacial score (nSPS) is 11.3. The van der Waals surface area contributed by atoms with E-state index in [4.69, 9.17) is 23.2 Å². The smallest absolute Gasteiger partial charge is 0.161 e. The maximum absolute atomic E-state index is 10.1. The highest BCUT2D eigenvalue weighted by atomic mass is 35.5. The Bertz CT molecular complexity index is 301. The summed E-state index contributed by atoms with van der Waals surface area (Å²) in [5.41, 5.74) is 0.858. The van der Waals surface area contributed by atoms with Crippen molar-refractivity contribution in [1.82, 2.24) is 0 Å². The molecule has 3 heteroatoms. The summed E-state index contributed by atoms with van der Waals surface area (Å²) < 4.78 is 0. The van der Waals surface area contributed by atoms with Gasteiger partial charge < -0.3 is 0 Å². The lowest BCUT2D eigenvalue weighted by atomic mass is 10.2. The van der Waals surface area contributed by atoms with Crippen LogP contribution in [0.3, 0.4) is 0 Å². The molecule has 0 aliphatic rings. The van der Waals surface area contributed by atoms with Crippen LogP contribution in [0.15, 0.2) is 29.3 Å². The first-order valence-electron chi connectivity index (χ1n) is 3.30. The second kappa shape index (κ2) is 4.29. The topological polar surface area (TPSA) is 17.1 Å². The van der Waals surface area contributed by atoms with Gasteiger partial charge in [-0.2, -0.15) is 0 Å². The summed E-state index contributed by atoms with van der Waals surface area (Å²) >= 11 is 11.2. The summed E-state index contributed by atoms with van der Waals surface area (Å²) in [7, 11) is 0. The third-order valence-corrected chi connectivity index (χ3v) is 1.74. The maximum atomic E-state index is 10.1. The number of halogens is 2. The Morgan fingerprint density at radius 1 is 1.25 bits per heavy atom. The molecule has 0 spiro atoms. The predicted molar refractivity (Wildman–Crippen MR) is 51.3 cm³/mol. The first-order valence-corrected chi connectivity index (χ1v) is 4.06. The molecule has 1 aromatic carbocycles. The molecule has 1 nitrogen and oxygen atoms in total. The molecule has 0 unspecified atom stereocenters. The summed E-state index contributed by atoms with van der Waals surface area (Å²) in [5, 5.41) is 0.840. The largest absolute Gasteiger partial charge is 0.297 e. The summed E-state index contributed by atoms with van der Waals surface area (Å²) in [4.78, 5) is 10.1. The third-order valence-electron chi connectivity index (χ3n) is 1.29. The molecule has 0 aromatic heterocycles. The molecule has 1 aromatic rings. The van der Waals surface area contributed by atoms with Gasteiger partial charge in [-0.1, -0.05) is 35.3 Å². The summed E-state index contributed by atoms with van der Waals surface area (Å²) in [5.74, 6) is 0. The van der Waals surface area contributed by atoms with Gasteiger partial charge in [0.1, 0.15) is 0 Å². The van der Waals surface area contributed by atoms with Gasteiger partial charge in [-0.15, -0.1) is 0 Å². The molecule has 62 valence electrons. The first-order chi connectivity index (χ1) is 5.72. The van der Waals surface area contributed by atoms with Crippen LogP contribution >= 0.6 is 23.2 Å². The number of aldehydes is 1. The number of hydrogen-bond acceptors (Lipinski definition) is 1. The molecular formula is C9H6Cl2O. The summed E-state index contributed by atoms with van der Waals surface area (Å²) in [6.45, 7) is 0. The van der Waals surface area contributed by atoms with E-state index in [-0.39, 0.29) is 5.03 Å². The Morgan fingerprint density at radius 2 is 1.83 bits per heavy atom. The van der Waals surface area contributed by atoms with Crippen molar-refractivity contribution >= 4 is 35.6 Å². The summed E-state index contributed by atoms with van der Waals surface area (Å²) in [6, 6.07) is 7.05. The minimum atomic E-state index is 0.178. The van der Waals surface area contributed by atoms with Crippen molar-refractivity contribution in [2.24, 2.45) is 0 Å². The molecule has 1 rings (SSSR count). The highest BCUT2D eigenvalue weighted by Gasteiger charge is 1.91. The van der Waals surface area contributed by atoms with Crippen LogP contribution in [0.1, 0.15) is 5.56 Å². The molecule has 0 bridgehead atoms. The Hall–Kier alpha value is -0.790. The van der Waals surface area contributed by atoms with E-state index in [2.05, 4.69) is 0 Å². The van der Waals surface area contributed by atoms with Gasteiger partial charge in [0.15, 0.2) is 6.29 Å². The SMILES string of the molecule is O=CC(Cl)=Cc1ccc(Cl)cc1. The van der Waals surface area contributed by atoms with Crippen molar-refractivity contribution in [1.29, 1.82) is 0 Å². The van der Waals surface area contributed by atoms with Gasteiger partial charge in [0.05, 0.1) is 5.03 Å². The molecule has 0 radical (unpaired) electrons. The molecule has 0 heterocycles. The van der Waals surface area contributed by atoms with Crippen LogP contribution in [0.25, 0.3) is 6.08 Å². The minimum Gasteiger partial charge on any atom is -0.297 e. The van der Waals surface area contributed by atoms with Crippen molar-refractivity contribution in [2.75, 3.05) is 0 Å². The lowest BCUT2D eigenvalue weighted by Crippen LogP contribution is -1.74. The summed E-state index contributed by atoms with van der Waals surface area (Å²) in [6.07, 6.45) is 2.17. The fraction of sp³-hybridized carbons (Fsp3) is 0. The predicted octanol–water partition coefficient (Wildman–Crippen LogP) is 3.12. The minimum absolute atomic E-state index is 0.178. The molecule has 0 amide bonds. The van der Waals surface area contributed by atoms with Crippen molar-refractivity contribution in [3.63, 3.8) is 0 Å². The Balaban J connectivity index is 2.91. The highest BCUT2D eigenvalue weighted by Crippen LogP contribution is 2.12. The van der Waals surface area contributed by atoms with E-state index in [1.165, 1.54) is 0 Å². The van der Waals surface area contributed by atoms with E-state index in [1.54, 1.807) is 30.3 Å². The van der Waals surface area contributed by atoms with Crippen molar-refractivity contribution in [3.05, 3.63) is 39.9 Å². The van der Waals surface area contributed by atoms with E-state index in [0.717, 1.165) is 5.56 Å². The fourth-order valence-electron chi connectivity index (χ4n) is 0.752. The van der Waals surface area contributed by atoms with Crippen molar-refractivity contribution in [2.45, 2.75) is 0 Å². The molecule has 0 fully saturated rings. The van der Waals surface area contributed by atoms with Crippen LogP contribution in [0, 0.1) is 0 Å². The van der Waals surface area contributed by atoms with Gasteiger partial charge in [0, 0.05) is 5.02 Å². The van der Waals surface area contributed by atoms with Crippen LogP contribution in [0.2, 0.25) is 5.02 Å². The molecule has 0 saturated carbocycles. The zero-order chi connectivity index (χ0) is 8.97. The lowest BCUT2D eigenvalue weighted by molar-refractivity contribution is -0.104. The molecular weight excluding hydrogens is 195 g/mol. The Morgan fingerprint density at radius 3 is 2.33 bits per heavy atom. The monoisotopic (exact) mass is 200 g/mol. The zero-order valence-corrected chi connectivity index (χ0v) is 7.64. The van der Waals surface area contributed by atoms with Crippen LogP contribution in [-0.2, 0) is 4.79 Å². The van der Waals surface area contributed by atoms with E-state index >= 15 is 0 Å². The quantitative estimate of drug-likeness (QED) is 0.530. The van der Waals surface area contributed by atoms with E-state index in [1.807, 2.05) is 0 Å². The van der Waals surface area contributed by atoms with Gasteiger partial charge in [0.25, 0.3) is 0 Å². The van der Waals surface area contributed by atoms with Crippen LogP contribution in [0.4, 0.5) is 0 Å². The number of carbonyl (C=O) groups is 1. The molecule has 0 aliphatic carbocycles. The van der Waals surface area contributed by atoms with E-state index < -0.39 is 0 Å². The maximum Gasteiger partial charge on any atom is 0.161 e. The van der Waals surface area contributed by atoms with Gasteiger partial charge in [-0.3, -0.25) is 4.79 Å². The van der Waals surface area contributed by atoms with Crippen LogP contribution < -0.4 is 0 Å². The number of allylic oxidation sites excluding steroid dienone is 1. The number of hydrogen-bond donors (Lipinski definition) is 0. The first kappa shape index (κ1) is 9.30. The zero-order valence-electron chi connectivity index (χ0n) is 6.13. The van der Waals surface area contributed by atoms with Gasteiger partial charge in [-0.25, -0.2) is 0 Å². The molecule has 0 saturated heterocycles. The third kappa shape index (κ3) is 2.68. The lowest BCUT2D eigenvalue weighted by Gasteiger charge is -1.92. The molecule has 0 atom stereocenters. The van der Waals surface area contributed by atoms with Gasteiger partial charge in [-0.05, 0) is 23.8 Å². The Kier molecular flexibility index (Phi) is 3.32.